The summed E-state index contributed by atoms with van der Waals surface area (Å²) < 4.78 is 48.8. The third-order valence-corrected chi connectivity index (χ3v) is 20.8. The van der Waals surface area contributed by atoms with E-state index in [-0.39, 0.29) is 11.8 Å². The highest BCUT2D eigenvalue weighted by Crippen LogP contribution is 2.76. The number of esters is 2. The zero-order valence-corrected chi connectivity index (χ0v) is 46.7. The molecule has 3 aliphatic heterocycles. The van der Waals surface area contributed by atoms with E-state index in [0.717, 1.165) is 5.57 Å². The van der Waals surface area contributed by atoms with E-state index in [9.17, 15) is 75.7 Å². The van der Waals surface area contributed by atoms with Crippen LogP contribution in [0.2, 0.25) is 0 Å². The maximum atomic E-state index is 13.6. The molecule has 3 saturated heterocycles. The Morgan fingerprint density at radius 1 is 0.667 bits per heavy atom. The molecule has 12 N–H and O–H groups in total. The summed E-state index contributed by atoms with van der Waals surface area (Å²) in [6.45, 7) is 18.9. The van der Waals surface area contributed by atoms with Gasteiger partial charge in [-0.3, -0.25) is 9.59 Å². The standard InChI is InChI=1S/C55H88O23/c1-22(2)45(69)77-42-43(78-46(70)23(3)4)55(21-57)25(18-50(42,5)6)24-12-13-29-52(9)16-15-30(51(7,8)28(52)14-17-53(29,10)54(24,11)40(65)41(55)66)73-49-39(76-48-35(63)33(61)32(60)27(19-56)72-48)37(36(64)38(75-49)44(67)68)74-47-34(62)31(59)26(58)20-71-47/h12,22-23,25-43,47-49,56-66H,13-21H2,1-11H3,(H,67,68)/t25?,26-,27?,28?,29?,30+,31-,32+,33-,34?,35?,36+,37-,38?,39?,40+,41-,42+,43+,47+,48+,49-,52+,53-,54+,55+/m1/s1. The second-order valence-electron chi connectivity index (χ2n) is 26.5. The van der Waals surface area contributed by atoms with Crippen LogP contribution in [0, 0.1) is 62.1 Å². The number of carboxylic acid groups (broad SMARTS) is 1. The molecule has 0 aromatic carbocycles. The monoisotopic (exact) mass is 1120 g/mol. The Morgan fingerprint density at radius 3 is 1.86 bits per heavy atom. The van der Waals surface area contributed by atoms with Crippen LogP contribution >= 0.6 is 0 Å². The molecular weight excluding hydrogens is 1030 g/mol. The molecule has 0 amide bonds. The van der Waals surface area contributed by atoms with Crippen LogP contribution in [-0.2, 0) is 52.3 Å². The van der Waals surface area contributed by atoms with E-state index in [1.807, 2.05) is 34.6 Å². The van der Waals surface area contributed by atoms with Gasteiger partial charge in [0.1, 0.15) is 67.1 Å². The lowest BCUT2D eigenvalue weighted by Crippen LogP contribution is -2.76. The average molecular weight is 1120 g/mol. The van der Waals surface area contributed by atoms with Gasteiger partial charge in [-0.15, -0.1) is 0 Å². The largest absolute Gasteiger partial charge is 0.479 e. The van der Waals surface area contributed by atoms with E-state index in [2.05, 4.69) is 19.9 Å². The average Bonchev–Trinajstić information content (AvgIpc) is 3.08. The number of carboxylic acids is 1. The normalized spacial score (nSPS) is 49.8. The van der Waals surface area contributed by atoms with E-state index in [1.165, 1.54) is 0 Å². The summed E-state index contributed by atoms with van der Waals surface area (Å²) in [5, 5.41) is 134. The van der Waals surface area contributed by atoms with Crippen molar-refractivity contribution in [2.75, 3.05) is 19.8 Å². The van der Waals surface area contributed by atoms with E-state index in [0.29, 0.717) is 38.5 Å². The minimum absolute atomic E-state index is 0.138. The molecular formula is C55H88O23. The Bertz CT molecular complexity index is 2220. The van der Waals surface area contributed by atoms with Crippen LogP contribution in [0.5, 0.6) is 0 Å². The zero-order valence-electron chi connectivity index (χ0n) is 46.7. The van der Waals surface area contributed by atoms with Crippen LogP contribution in [-0.4, -0.2) is 216 Å². The van der Waals surface area contributed by atoms with Gasteiger partial charge in [-0.05, 0) is 72.5 Å². The summed E-state index contributed by atoms with van der Waals surface area (Å²) in [6.07, 6.45) is -27.2. The van der Waals surface area contributed by atoms with Crippen LogP contribution in [0.25, 0.3) is 0 Å². The first-order valence-electron chi connectivity index (χ1n) is 27.8. The molecule has 3 heterocycles. The van der Waals surface area contributed by atoms with Crippen molar-refractivity contribution in [1.82, 2.24) is 0 Å². The smallest absolute Gasteiger partial charge is 0.335 e. The highest BCUT2D eigenvalue weighted by atomic mass is 16.8. The quantitative estimate of drug-likeness (QED) is 0.0637. The molecule has 0 aromatic heterocycles. The van der Waals surface area contributed by atoms with Gasteiger partial charge in [0, 0.05) is 10.8 Å². The number of hydrogen-bond acceptors (Lipinski definition) is 22. The Morgan fingerprint density at radius 2 is 1.27 bits per heavy atom. The highest BCUT2D eigenvalue weighted by molar-refractivity contribution is 5.74. The van der Waals surface area contributed by atoms with Gasteiger partial charge in [0.05, 0.1) is 55.4 Å². The number of allylic oxidation sites excluding steroid dienone is 1. The van der Waals surface area contributed by atoms with Gasteiger partial charge < -0.3 is 99.2 Å². The molecule has 23 heteroatoms. The molecule has 8 rings (SSSR count). The van der Waals surface area contributed by atoms with Gasteiger partial charge in [0.25, 0.3) is 0 Å². The molecule has 8 unspecified atom stereocenters. The van der Waals surface area contributed by atoms with Crippen LogP contribution in [0.4, 0.5) is 0 Å². The number of ether oxygens (including phenoxy) is 8. The number of rotatable bonds is 13. The predicted molar refractivity (Wildman–Crippen MR) is 268 cm³/mol. The Kier molecular flexibility index (Phi) is 17.3. The summed E-state index contributed by atoms with van der Waals surface area (Å²) in [5.74, 6) is -4.87. The number of carbonyl (C=O) groups excluding carboxylic acids is 2. The first kappa shape index (κ1) is 61.5. The lowest BCUT2D eigenvalue weighted by molar-refractivity contribution is -0.392. The Balaban J connectivity index is 1.13. The number of aliphatic carboxylic acids is 1. The number of fused-ring (bicyclic) bond motifs is 7. The van der Waals surface area contributed by atoms with Crippen LogP contribution in [0.15, 0.2) is 11.6 Å². The molecule has 4 saturated carbocycles. The van der Waals surface area contributed by atoms with E-state index in [4.69, 9.17) is 37.9 Å². The molecule has 8 aliphatic rings. The molecule has 5 aliphatic carbocycles. The number of aliphatic hydroxyl groups excluding tert-OH is 11. The maximum Gasteiger partial charge on any atom is 0.335 e. The Labute approximate surface area is 455 Å². The van der Waals surface area contributed by atoms with Gasteiger partial charge in [0.15, 0.2) is 31.1 Å². The fourth-order valence-electron chi connectivity index (χ4n) is 16.0. The van der Waals surface area contributed by atoms with Crippen molar-refractivity contribution < 1.29 is 114 Å². The van der Waals surface area contributed by atoms with E-state index < -0.39 is 205 Å². The van der Waals surface area contributed by atoms with Crippen LogP contribution < -0.4 is 0 Å². The maximum absolute atomic E-state index is 13.6. The summed E-state index contributed by atoms with van der Waals surface area (Å²) in [7, 11) is 0. The molecule has 7 fully saturated rings. The second-order valence-corrected chi connectivity index (χ2v) is 26.5. The summed E-state index contributed by atoms with van der Waals surface area (Å²) in [4.78, 5) is 39.9. The minimum Gasteiger partial charge on any atom is -0.479 e. The third-order valence-electron chi connectivity index (χ3n) is 20.8. The van der Waals surface area contributed by atoms with Crippen molar-refractivity contribution in [1.29, 1.82) is 0 Å². The van der Waals surface area contributed by atoms with Crippen molar-refractivity contribution in [3.05, 3.63) is 11.6 Å². The number of aliphatic hydroxyl groups is 11. The first-order valence-corrected chi connectivity index (χ1v) is 27.8. The van der Waals surface area contributed by atoms with Crippen molar-refractivity contribution in [3.63, 3.8) is 0 Å². The van der Waals surface area contributed by atoms with Gasteiger partial charge in [-0.1, -0.05) is 87.8 Å². The second kappa shape index (κ2) is 21.9. The summed E-state index contributed by atoms with van der Waals surface area (Å²) in [6, 6.07) is 0. The lowest BCUT2D eigenvalue weighted by atomic mass is 9.32. The molecule has 0 bridgehead atoms. The van der Waals surface area contributed by atoms with Gasteiger partial charge in [-0.25, -0.2) is 4.79 Å². The topological polar surface area (TPSA) is 368 Å². The molecule has 0 spiro atoms. The molecule has 78 heavy (non-hydrogen) atoms. The van der Waals surface area contributed by atoms with Gasteiger partial charge in [-0.2, -0.15) is 0 Å². The van der Waals surface area contributed by atoms with Crippen molar-refractivity contribution in [2.45, 2.75) is 231 Å². The predicted octanol–water partition coefficient (Wildman–Crippen LogP) is -0.358. The molecule has 446 valence electrons. The molecule has 0 aromatic rings. The van der Waals surface area contributed by atoms with Crippen molar-refractivity contribution >= 4 is 17.9 Å². The van der Waals surface area contributed by atoms with Gasteiger partial charge >= 0.3 is 17.9 Å². The molecule has 23 nitrogen and oxygen atoms in total. The lowest BCUT2D eigenvalue weighted by Gasteiger charge is -2.73. The van der Waals surface area contributed by atoms with Crippen LogP contribution in [0.3, 0.4) is 0 Å². The SMILES string of the molecule is CC(C)C(=O)O[C@H]1[C@H](OC(=O)C(C)C)[C@@]2(CO)C(CC1(C)C)C1=CCC3[C@@]4(C)CC[C@H](O[C@@H]5OC(C(=O)O)[C@@H](O)[C@@H](O[C@@H]6OC[C@@H](O)[C@@H](O)C6O)C5O[C@@H]5OC(CO)[C@H](O)[C@@H](O)C5O)C(C)(C)C4CC[C@@]3(C)[C@]1(C)[C@@H](O)[C@H]2O. The number of hydrogen-bond donors (Lipinski definition) is 12. The van der Waals surface area contributed by atoms with Crippen molar-refractivity contribution in [3.8, 4) is 0 Å². The first-order chi connectivity index (χ1) is 36.2. The summed E-state index contributed by atoms with van der Waals surface area (Å²) >= 11 is 0. The molecule has 0 radical (unpaired) electrons. The highest BCUT2D eigenvalue weighted by Gasteiger charge is 2.76. The third kappa shape index (κ3) is 9.60. The van der Waals surface area contributed by atoms with E-state index >= 15 is 0 Å². The minimum atomic E-state index is -2.12. The summed E-state index contributed by atoms with van der Waals surface area (Å²) in [5.41, 5.74) is -4.79. The zero-order chi connectivity index (χ0) is 57.9. The fraction of sp³-hybridized carbons (Fsp3) is 0.909. The fourth-order valence-corrected chi connectivity index (χ4v) is 16.0. The van der Waals surface area contributed by atoms with Gasteiger partial charge in [0.2, 0.25) is 0 Å². The van der Waals surface area contributed by atoms with Crippen LogP contribution in [0.1, 0.15) is 115 Å². The Hall–Kier alpha value is -2.53. The van der Waals surface area contributed by atoms with E-state index in [1.54, 1.807) is 27.7 Å². The number of carbonyl (C=O) groups is 3. The molecule has 26 atom stereocenters. The van der Waals surface area contributed by atoms with Crippen molar-refractivity contribution in [2.24, 2.45) is 62.1 Å².